The summed E-state index contributed by atoms with van der Waals surface area (Å²) >= 11 is 0. The van der Waals surface area contributed by atoms with Gasteiger partial charge in [-0.3, -0.25) is 9.69 Å². The molecule has 1 fully saturated rings. The number of carbonyl (C=O) groups excluding carboxylic acids is 1. The second kappa shape index (κ2) is 6.70. The van der Waals surface area contributed by atoms with Crippen molar-refractivity contribution >= 4 is 11.6 Å². The molecule has 1 amide bonds. The highest BCUT2D eigenvalue weighted by atomic mass is 16.3. The van der Waals surface area contributed by atoms with Gasteiger partial charge < -0.3 is 10.4 Å². The molecule has 1 saturated carbocycles. The third kappa shape index (κ3) is 4.28. The van der Waals surface area contributed by atoms with Gasteiger partial charge in [0, 0.05) is 6.54 Å². The Balaban J connectivity index is 1.88. The van der Waals surface area contributed by atoms with Crippen LogP contribution in [0.2, 0.25) is 0 Å². The van der Waals surface area contributed by atoms with E-state index >= 15 is 0 Å². The first-order valence-corrected chi connectivity index (χ1v) is 7.22. The summed E-state index contributed by atoms with van der Waals surface area (Å²) < 4.78 is 0. The molecule has 0 aliphatic heterocycles. The monoisotopic (exact) mass is 287 g/mol. The molecule has 0 radical (unpaired) electrons. The number of likely N-dealkylation sites (N-methyl/N-ethyl adjacent to an activating group) is 1. The van der Waals surface area contributed by atoms with E-state index in [9.17, 15) is 9.90 Å². The molecule has 0 bridgehead atoms. The van der Waals surface area contributed by atoms with Crippen LogP contribution in [-0.2, 0) is 4.79 Å². The maximum absolute atomic E-state index is 12.0. The van der Waals surface area contributed by atoms with Crippen LogP contribution in [0, 0.1) is 11.3 Å². The molecule has 0 atom stereocenters. The number of para-hydroxylation sites is 1. The van der Waals surface area contributed by atoms with Crippen LogP contribution >= 0.6 is 0 Å². The summed E-state index contributed by atoms with van der Waals surface area (Å²) in [5, 5.41) is 22.1. The Hall–Kier alpha value is -1.90. The van der Waals surface area contributed by atoms with Gasteiger partial charge in [-0.2, -0.15) is 5.26 Å². The first-order valence-electron chi connectivity index (χ1n) is 7.22. The summed E-state index contributed by atoms with van der Waals surface area (Å²) in [6.07, 6.45) is 3.70. The fourth-order valence-corrected chi connectivity index (χ4v) is 2.87. The highest BCUT2D eigenvalue weighted by molar-refractivity contribution is 5.93. The van der Waals surface area contributed by atoms with E-state index in [-0.39, 0.29) is 12.5 Å². The van der Waals surface area contributed by atoms with Gasteiger partial charge in [0.1, 0.15) is 6.07 Å². The van der Waals surface area contributed by atoms with Gasteiger partial charge in [0.05, 0.1) is 23.4 Å². The third-order valence-electron chi connectivity index (χ3n) is 3.83. The molecule has 0 aromatic heterocycles. The highest BCUT2D eigenvalue weighted by Crippen LogP contribution is 2.29. The fourth-order valence-electron chi connectivity index (χ4n) is 2.87. The summed E-state index contributed by atoms with van der Waals surface area (Å²) in [6.45, 7) is 0.697. The van der Waals surface area contributed by atoms with E-state index in [0.29, 0.717) is 17.8 Å². The van der Waals surface area contributed by atoms with E-state index in [4.69, 9.17) is 5.26 Å². The third-order valence-corrected chi connectivity index (χ3v) is 3.83. The topological polar surface area (TPSA) is 76.4 Å². The highest BCUT2D eigenvalue weighted by Gasteiger charge is 2.32. The Morgan fingerprint density at radius 1 is 1.43 bits per heavy atom. The van der Waals surface area contributed by atoms with Gasteiger partial charge >= 0.3 is 0 Å². The molecule has 1 aromatic rings. The number of amides is 1. The number of aliphatic hydroxyl groups is 1. The van der Waals surface area contributed by atoms with Crippen molar-refractivity contribution in [1.29, 1.82) is 5.26 Å². The van der Waals surface area contributed by atoms with Crippen LogP contribution in [0.1, 0.15) is 31.2 Å². The molecule has 1 aromatic carbocycles. The summed E-state index contributed by atoms with van der Waals surface area (Å²) in [7, 11) is 1.83. The van der Waals surface area contributed by atoms with Crippen LogP contribution in [-0.4, -0.2) is 41.7 Å². The van der Waals surface area contributed by atoms with Gasteiger partial charge in [0.15, 0.2) is 0 Å². The largest absolute Gasteiger partial charge is 0.389 e. The number of carbonyl (C=O) groups is 1. The van der Waals surface area contributed by atoms with E-state index in [1.807, 2.05) is 11.9 Å². The predicted octanol–water partition coefficient (Wildman–Crippen LogP) is 1.73. The second-order valence-electron chi connectivity index (χ2n) is 5.81. The van der Waals surface area contributed by atoms with E-state index in [1.165, 1.54) is 0 Å². The lowest BCUT2D eigenvalue weighted by molar-refractivity contribution is -0.117. The van der Waals surface area contributed by atoms with Gasteiger partial charge in [-0.05, 0) is 32.0 Å². The Kier molecular flexibility index (Phi) is 4.94. The molecule has 0 heterocycles. The summed E-state index contributed by atoms with van der Waals surface area (Å²) in [6, 6.07) is 8.97. The van der Waals surface area contributed by atoms with Crippen LogP contribution in [0.15, 0.2) is 24.3 Å². The standard InChI is InChI=1S/C16H21N3O2/c1-19(12-16(21)8-4-5-9-16)11-15(20)18-14-7-3-2-6-13(14)10-17/h2-3,6-7,21H,4-5,8-9,11-12H2,1H3,(H,18,20). The molecule has 2 N–H and O–H groups in total. The molecule has 1 aliphatic rings. The Labute approximate surface area is 125 Å². The minimum atomic E-state index is -0.653. The van der Waals surface area contributed by atoms with Crippen molar-refractivity contribution in [3.8, 4) is 6.07 Å². The van der Waals surface area contributed by atoms with Crippen molar-refractivity contribution in [3.63, 3.8) is 0 Å². The lowest BCUT2D eigenvalue weighted by atomic mass is 10.0. The quantitative estimate of drug-likeness (QED) is 0.864. The van der Waals surface area contributed by atoms with Crippen molar-refractivity contribution < 1.29 is 9.90 Å². The minimum absolute atomic E-state index is 0.179. The Morgan fingerprint density at radius 2 is 2.10 bits per heavy atom. The van der Waals surface area contributed by atoms with Crippen LogP contribution in [0.3, 0.4) is 0 Å². The maximum Gasteiger partial charge on any atom is 0.238 e. The molecule has 5 heteroatoms. The number of hydrogen-bond acceptors (Lipinski definition) is 4. The molecular weight excluding hydrogens is 266 g/mol. The summed E-state index contributed by atoms with van der Waals surface area (Å²) in [5.41, 5.74) is 0.320. The molecule has 0 unspecified atom stereocenters. The van der Waals surface area contributed by atoms with Crippen molar-refractivity contribution in [1.82, 2.24) is 4.90 Å². The van der Waals surface area contributed by atoms with Crippen molar-refractivity contribution in [2.45, 2.75) is 31.3 Å². The first-order chi connectivity index (χ1) is 10.0. The van der Waals surface area contributed by atoms with Gasteiger partial charge in [0.25, 0.3) is 0 Å². The molecule has 2 rings (SSSR count). The summed E-state index contributed by atoms with van der Waals surface area (Å²) in [4.78, 5) is 13.9. The van der Waals surface area contributed by atoms with E-state index < -0.39 is 5.60 Å². The predicted molar refractivity (Wildman–Crippen MR) is 80.7 cm³/mol. The number of rotatable bonds is 5. The van der Waals surface area contributed by atoms with E-state index in [1.54, 1.807) is 24.3 Å². The average Bonchev–Trinajstić information content (AvgIpc) is 2.85. The number of nitrogens with zero attached hydrogens (tertiary/aromatic N) is 2. The smallest absolute Gasteiger partial charge is 0.238 e. The lowest BCUT2D eigenvalue weighted by Gasteiger charge is -2.28. The number of anilines is 1. The van der Waals surface area contributed by atoms with E-state index in [2.05, 4.69) is 11.4 Å². The normalized spacial score (nSPS) is 16.7. The molecule has 5 nitrogen and oxygen atoms in total. The molecule has 1 aliphatic carbocycles. The fraction of sp³-hybridized carbons (Fsp3) is 0.500. The molecule has 0 spiro atoms. The maximum atomic E-state index is 12.0. The van der Waals surface area contributed by atoms with Crippen molar-refractivity contribution in [3.05, 3.63) is 29.8 Å². The van der Waals surface area contributed by atoms with Crippen LogP contribution in [0.5, 0.6) is 0 Å². The molecule has 0 saturated heterocycles. The van der Waals surface area contributed by atoms with Crippen LogP contribution in [0.4, 0.5) is 5.69 Å². The minimum Gasteiger partial charge on any atom is -0.389 e. The zero-order valence-electron chi connectivity index (χ0n) is 12.3. The van der Waals surface area contributed by atoms with Crippen LogP contribution in [0.25, 0.3) is 0 Å². The Morgan fingerprint density at radius 3 is 2.76 bits per heavy atom. The SMILES string of the molecule is CN(CC(=O)Nc1ccccc1C#N)CC1(O)CCCC1. The average molecular weight is 287 g/mol. The first kappa shape index (κ1) is 15.5. The van der Waals surface area contributed by atoms with Crippen LogP contribution < -0.4 is 5.32 Å². The van der Waals surface area contributed by atoms with Gasteiger partial charge in [-0.25, -0.2) is 0 Å². The molecule has 21 heavy (non-hydrogen) atoms. The summed E-state index contributed by atoms with van der Waals surface area (Å²) in [5.74, 6) is -0.179. The number of nitriles is 1. The van der Waals surface area contributed by atoms with Crippen molar-refractivity contribution in [2.24, 2.45) is 0 Å². The Bertz CT molecular complexity index is 545. The lowest BCUT2D eigenvalue weighted by Crippen LogP contribution is -2.42. The number of benzene rings is 1. The molecule has 112 valence electrons. The second-order valence-corrected chi connectivity index (χ2v) is 5.81. The number of hydrogen-bond donors (Lipinski definition) is 2. The van der Waals surface area contributed by atoms with Gasteiger partial charge in [-0.15, -0.1) is 0 Å². The van der Waals surface area contributed by atoms with Crippen molar-refractivity contribution in [2.75, 3.05) is 25.5 Å². The molecular formula is C16H21N3O2. The van der Waals surface area contributed by atoms with Gasteiger partial charge in [0.2, 0.25) is 5.91 Å². The zero-order chi connectivity index (χ0) is 15.3. The number of nitrogens with one attached hydrogen (secondary N) is 1. The van der Waals surface area contributed by atoms with E-state index in [0.717, 1.165) is 25.7 Å². The van der Waals surface area contributed by atoms with Gasteiger partial charge in [-0.1, -0.05) is 25.0 Å². The zero-order valence-corrected chi connectivity index (χ0v) is 12.3.